The van der Waals surface area contributed by atoms with Gasteiger partial charge in [0.1, 0.15) is 6.54 Å². The number of thioether (sulfide) groups is 1. The van der Waals surface area contributed by atoms with Crippen molar-refractivity contribution in [3.8, 4) is 0 Å². The van der Waals surface area contributed by atoms with Crippen LogP contribution in [0.5, 0.6) is 0 Å². The van der Waals surface area contributed by atoms with Gasteiger partial charge in [-0.15, -0.1) is 23.1 Å². The van der Waals surface area contributed by atoms with Crippen LogP contribution in [0.4, 0.5) is 0 Å². The number of amides is 1. The molecule has 0 spiro atoms. The Labute approximate surface area is 109 Å². The van der Waals surface area contributed by atoms with Gasteiger partial charge in [0.25, 0.3) is 0 Å². The zero-order valence-electron chi connectivity index (χ0n) is 9.60. The van der Waals surface area contributed by atoms with Gasteiger partial charge in [-0.1, -0.05) is 6.07 Å². The van der Waals surface area contributed by atoms with Gasteiger partial charge in [0.15, 0.2) is 0 Å². The molecule has 0 atom stereocenters. The van der Waals surface area contributed by atoms with Crippen LogP contribution in [-0.2, 0) is 20.1 Å². The lowest BCUT2D eigenvalue weighted by Gasteiger charge is -2.04. The van der Waals surface area contributed by atoms with E-state index in [0.717, 1.165) is 5.75 Å². The molecule has 0 aliphatic rings. The molecule has 1 N–H and O–H groups in total. The summed E-state index contributed by atoms with van der Waals surface area (Å²) >= 11 is 3.20. The van der Waals surface area contributed by atoms with E-state index in [1.54, 1.807) is 18.3 Å². The van der Waals surface area contributed by atoms with Crippen LogP contribution in [0, 0.1) is 0 Å². The summed E-state index contributed by atoms with van der Waals surface area (Å²) in [5.41, 5.74) is 0. The number of rotatable bonds is 7. The van der Waals surface area contributed by atoms with Gasteiger partial charge in [0.2, 0.25) is 5.91 Å². The average Bonchev–Trinajstić information content (AvgIpc) is 2.80. The van der Waals surface area contributed by atoms with Crippen LogP contribution < -0.4 is 5.32 Å². The van der Waals surface area contributed by atoms with E-state index in [1.807, 2.05) is 17.5 Å². The van der Waals surface area contributed by atoms with E-state index in [9.17, 15) is 9.59 Å². The van der Waals surface area contributed by atoms with Crippen LogP contribution in [-0.4, -0.2) is 30.8 Å². The Balaban J connectivity index is 2.07. The molecule has 0 aliphatic heterocycles. The number of hydrogen-bond acceptors (Lipinski definition) is 5. The Morgan fingerprint density at radius 1 is 1.53 bits per heavy atom. The molecular formula is C11H15NO3S2. The number of hydrogen-bond donors (Lipinski definition) is 1. The molecule has 1 heterocycles. The van der Waals surface area contributed by atoms with Crippen molar-refractivity contribution in [3.05, 3.63) is 22.4 Å². The minimum Gasteiger partial charge on any atom is -0.465 e. The van der Waals surface area contributed by atoms with Gasteiger partial charge >= 0.3 is 5.97 Å². The van der Waals surface area contributed by atoms with Crippen LogP contribution in [0.3, 0.4) is 0 Å². The summed E-state index contributed by atoms with van der Waals surface area (Å²) < 4.78 is 4.70. The van der Waals surface area contributed by atoms with Gasteiger partial charge in [-0.2, -0.15) is 0 Å². The van der Waals surface area contributed by atoms with Crippen LogP contribution in [0.15, 0.2) is 17.5 Å². The Morgan fingerprint density at radius 3 is 3.00 bits per heavy atom. The first-order chi connectivity index (χ1) is 8.22. The normalized spacial score (nSPS) is 9.94. The van der Waals surface area contributed by atoms with Gasteiger partial charge in [-0.05, 0) is 18.4 Å². The molecule has 0 aromatic carbocycles. The second-order valence-corrected chi connectivity index (χ2v) is 5.17. The molecule has 4 nitrogen and oxygen atoms in total. The van der Waals surface area contributed by atoms with Crippen molar-refractivity contribution in [1.82, 2.24) is 5.32 Å². The van der Waals surface area contributed by atoms with E-state index in [4.69, 9.17) is 4.74 Å². The number of carbonyl (C=O) groups excluding carboxylic acids is 2. The molecule has 94 valence electrons. The molecule has 0 unspecified atom stereocenters. The Bertz CT molecular complexity index is 352. The molecule has 0 bridgehead atoms. The third kappa shape index (κ3) is 6.33. The maximum absolute atomic E-state index is 11.3. The van der Waals surface area contributed by atoms with E-state index in [-0.39, 0.29) is 12.5 Å². The molecular weight excluding hydrogens is 258 g/mol. The van der Waals surface area contributed by atoms with E-state index in [1.165, 1.54) is 16.6 Å². The topological polar surface area (TPSA) is 55.4 Å². The summed E-state index contributed by atoms with van der Waals surface area (Å²) in [6.45, 7) is 2.02. The summed E-state index contributed by atoms with van der Waals surface area (Å²) in [5.74, 6) is 0.644. The molecule has 1 aromatic rings. The van der Waals surface area contributed by atoms with Crippen molar-refractivity contribution in [2.75, 3.05) is 18.9 Å². The van der Waals surface area contributed by atoms with Crippen LogP contribution in [0.2, 0.25) is 0 Å². The van der Waals surface area contributed by atoms with Crippen LogP contribution in [0.25, 0.3) is 0 Å². The number of nitrogens with one attached hydrogen (secondary N) is 1. The lowest BCUT2D eigenvalue weighted by molar-refractivity contribution is -0.143. The van der Waals surface area contributed by atoms with Crippen molar-refractivity contribution in [2.24, 2.45) is 0 Å². The maximum Gasteiger partial charge on any atom is 0.325 e. The zero-order chi connectivity index (χ0) is 12.5. The quantitative estimate of drug-likeness (QED) is 0.768. The first-order valence-corrected chi connectivity index (χ1v) is 7.28. The van der Waals surface area contributed by atoms with Gasteiger partial charge in [0.05, 0.1) is 12.4 Å². The van der Waals surface area contributed by atoms with E-state index in [0.29, 0.717) is 12.4 Å². The molecule has 1 amide bonds. The van der Waals surface area contributed by atoms with Gasteiger partial charge in [-0.25, -0.2) is 0 Å². The van der Waals surface area contributed by atoms with E-state index >= 15 is 0 Å². The van der Waals surface area contributed by atoms with Crippen LogP contribution in [0.1, 0.15) is 11.8 Å². The second kappa shape index (κ2) is 8.14. The Morgan fingerprint density at radius 2 is 2.35 bits per heavy atom. The lowest BCUT2D eigenvalue weighted by Crippen LogP contribution is -2.31. The number of esters is 1. The molecule has 0 fully saturated rings. The summed E-state index contributed by atoms with van der Waals surface area (Å²) in [7, 11) is 0. The first-order valence-electron chi connectivity index (χ1n) is 5.24. The van der Waals surface area contributed by atoms with Crippen molar-refractivity contribution in [2.45, 2.75) is 12.7 Å². The predicted octanol–water partition coefficient (Wildman–Crippen LogP) is 1.66. The SMILES string of the molecule is CCOC(=O)CNC(=O)CSCc1cccs1. The highest BCUT2D eigenvalue weighted by molar-refractivity contribution is 7.99. The minimum atomic E-state index is -0.399. The summed E-state index contributed by atoms with van der Waals surface area (Å²) in [6.07, 6.45) is 0. The third-order valence-electron chi connectivity index (χ3n) is 1.79. The molecule has 0 saturated carbocycles. The number of carbonyl (C=O) groups is 2. The fourth-order valence-corrected chi connectivity index (χ4v) is 2.77. The predicted molar refractivity (Wildman–Crippen MR) is 70.1 cm³/mol. The molecule has 0 saturated heterocycles. The smallest absolute Gasteiger partial charge is 0.325 e. The largest absolute Gasteiger partial charge is 0.465 e. The fourth-order valence-electron chi connectivity index (χ4n) is 1.07. The van der Waals surface area contributed by atoms with Crippen LogP contribution >= 0.6 is 23.1 Å². The molecule has 6 heteroatoms. The van der Waals surface area contributed by atoms with Crippen molar-refractivity contribution in [3.63, 3.8) is 0 Å². The first kappa shape index (κ1) is 14.1. The highest BCUT2D eigenvalue weighted by Gasteiger charge is 2.06. The van der Waals surface area contributed by atoms with Crippen molar-refractivity contribution >= 4 is 35.0 Å². The van der Waals surface area contributed by atoms with E-state index < -0.39 is 5.97 Å². The standard InChI is InChI=1S/C11H15NO3S2/c1-2-15-11(14)6-12-10(13)8-16-7-9-4-3-5-17-9/h3-5H,2,6-8H2,1H3,(H,12,13). The van der Waals surface area contributed by atoms with Crippen molar-refractivity contribution < 1.29 is 14.3 Å². The number of thiophene rings is 1. The molecule has 1 aromatic heterocycles. The van der Waals surface area contributed by atoms with Gasteiger partial charge < -0.3 is 10.1 Å². The van der Waals surface area contributed by atoms with E-state index in [2.05, 4.69) is 5.32 Å². The van der Waals surface area contributed by atoms with Gasteiger partial charge in [-0.3, -0.25) is 9.59 Å². The van der Waals surface area contributed by atoms with Gasteiger partial charge in [0, 0.05) is 10.6 Å². The highest BCUT2D eigenvalue weighted by atomic mass is 32.2. The average molecular weight is 273 g/mol. The Hall–Kier alpha value is -1.01. The molecule has 0 aliphatic carbocycles. The maximum atomic E-state index is 11.3. The fraction of sp³-hybridized carbons (Fsp3) is 0.455. The Kier molecular flexibility index (Phi) is 6.73. The minimum absolute atomic E-state index is 0.0494. The molecule has 1 rings (SSSR count). The zero-order valence-corrected chi connectivity index (χ0v) is 11.2. The summed E-state index contributed by atoms with van der Waals surface area (Å²) in [4.78, 5) is 23.6. The second-order valence-electron chi connectivity index (χ2n) is 3.15. The monoisotopic (exact) mass is 273 g/mol. The number of ether oxygens (including phenoxy) is 1. The lowest BCUT2D eigenvalue weighted by atomic mass is 10.5. The molecule has 17 heavy (non-hydrogen) atoms. The van der Waals surface area contributed by atoms with Crippen molar-refractivity contribution in [1.29, 1.82) is 0 Å². The highest BCUT2D eigenvalue weighted by Crippen LogP contribution is 2.16. The summed E-state index contributed by atoms with van der Waals surface area (Å²) in [5, 5.41) is 4.53. The summed E-state index contributed by atoms with van der Waals surface area (Å²) in [6, 6.07) is 4.02. The third-order valence-corrected chi connectivity index (χ3v) is 3.83. The molecule has 0 radical (unpaired) electrons.